The van der Waals surface area contributed by atoms with Gasteiger partial charge in [0.25, 0.3) is 5.91 Å². The zero-order valence-electron chi connectivity index (χ0n) is 17.2. The molecule has 160 valence electrons. The number of amides is 2. The van der Waals surface area contributed by atoms with E-state index in [0.29, 0.717) is 13.0 Å². The van der Waals surface area contributed by atoms with E-state index in [2.05, 4.69) is 10.6 Å². The third-order valence-corrected chi connectivity index (χ3v) is 3.98. The van der Waals surface area contributed by atoms with E-state index in [1.807, 2.05) is 30.3 Å². The lowest BCUT2D eigenvalue weighted by Gasteiger charge is -2.20. The van der Waals surface area contributed by atoms with Gasteiger partial charge in [-0.3, -0.25) is 14.4 Å². The highest BCUT2D eigenvalue weighted by molar-refractivity contribution is 5.87. The zero-order valence-corrected chi connectivity index (χ0v) is 17.2. The molecular formula is C21H30N2O6. The summed E-state index contributed by atoms with van der Waals surface area (Å²) in [4.78, 5) is 47.5. The molecule has 0 spiro atoms. The van der Waals surface area contributed by atoms with E-state index in [4.69, 9.17) is 9.47 Å². The second kappa shape index (κ2) is 13.3. The lowest BCUT2D eigenvalue weighted by atomic mass is 10.0. The Hall–Kier alpha value is -2.90. The van der Waals surface area contributed by atoms with Crippen molar-refractivity contribution in [1.82, 2.24) is 10.6 Å². The molecule has 0 radical (unpaired) electrons. The molecule has 0 aromatic heterocycles. The summed E-state index contributed by atoms with van der Waals surface area (Å²) in [6, 6.07) is 8.34. The average Bonchev–Trinajstić information content (AvgIpc) is 2.68. The van der Waals surface area contributed by atoms with Crippen LogP contribution in [0.5, 0.6) is 0 Å². The minimum Gasteiger partial charge on any atom is -0.466 e. The van der Waals surface area contributed by atoms with Crippen LogP contribution in [0.25, 0.3) is 0 Å². The fourth-order valence-corrected chi connectivity index (χ4v) is 2.47. The van der Waals surface area contributed by atoms with Gasteiger partial charge in [0.15, 0.2) is 6.61 Å². The predicted molar refractivity (Wildman–Crippen MR) is 107 cm³/mol. The minimum absolute atomic E-state index is 0.151. The molecule has 0 fully saturated rings. The van der Waals surface area contributed by atoms with Crippen LogP contribution in [0.1, 0.15) is 39.2 Å². The molecule has 0 saturated heterocycles. The van der Waals surface area contributed by atoms with Gasteiger partial charge in [0, 0.05) is 13.0 Å². The van der Waals surface area contributed by atoms with E-state index >= 15 is 0 Å². The third kappa shape index (κ3) is 10.3. The number of esters is 2. The largest absolute Gasteiger partial charge is 0.466 e. The molecule has 1 aromatic carbocycles. The summed E-state index contributed by atoms with van der Waals surface area (Å²) in [6.45, 7) is 5.43. The van der Waals surface area contributed by atoms with Crippen molar-refractivity contribution in [3.05, 3.63) is 35.9 Å². The maximum Gasteiger partial charge on any atom is 0.329 e. The fourth-order valence-electron chi connectivity index (χ4n) is 2.47. The quantitative estimate of drug-likeness (QED) is 0.401. The topological polar surface area (TPSA) is 111 Å². The van der Waals surface area contributed by atoms with Crippen LogP contribution in [0.4, 0.5) is 0 Å². The van der Waals surface area contributed by atoms with Crippen molar-refractivity contribution in [2.45, 2.75) is 46.1 Å². The molecule has 0 aliphatic heterocycles. The van der Waals surface area contributed by atoms with Crippen molar-refractivity contribution in [1.29, 1.82) is 0 Å². The zero-order chi connectivity index (χ0) is 21.6. The number of carbonyl (C=O) groups is 4. The summed E-state index contributed by atoms with van der Waals surface area (Å²) in [5.41, 5.74) is 0.836. The van der Waals surface area contributed by atoms with Crippen LogP contribution >= 0.6 is 0 Å². The number of rotatable bonds is 12. The van der Waals surface area contributed by atoms with Crippen LogP contribution in [0.15, 0.2) is 30.3 Å². The monoisotopic (exact) mass is 406 g/mol. The Morgan fingerprint density at radius 2 is 1.69 bits per heavy atom. The van der Waals surface area contributed by atoms with Gasteiger partial charge in [-0.1, -0.05) is 44.2 Å². The molecule has 1 aromatic rings. The summed E-state index contributed by atoms with van der Waals surface area (Å²) in [5.74, 6) is -1.95. The number of ether oxygens (including phenoxy) is 2. The maximum absolute atomic E-state index is 12.3. The Morgan fingerprint density at radius 1 is 1.00 bits per heavy atom. The van der Waals surface area contributed by atoms with Gasteiger partial charge in [-0.05, 0) is 24.8 Å². The normalized spacial score (nSPS) is 11.4. The Morgan fingerprint density at radius 3 is 2.31 bits per heavy atom. The van der Waals surface area contributed by atoms with E-state index in [9.17, 15) is 19.2 Å². The highest BCUT2D eigenvalue weighted by Crippen LogP contribution is 2.06. The van der Waals surface area contributed by atoms with Crippen molar-refractivity contribution in [2.24, 2.45) is 5.92 Å². The van der Waals surface area contributed by atoms with Crippen LogP contribution in [-0.4, -0.2) is 49.6 Å². The van der Waals surface area contributed by atoms with Gasteiger partial charge in [0.1, 0.15) is 6.04 Å². The number of hydrogen-bond donors (Lipinski definition) is 2. The molecular weight excluding hydrogens is 376 g/mol. The summed E-state index contributed by atoms with van der Waals surface area (Å²) in [6.07, 6.45) is 0.789. The minimum atomic E-state index is -0.845. The fraction of sp³-hybridized carbons (Fsp3) is 0.524. The molecule has 29 heavy (non-hydrogen) atoms. The molecule has 2 N–H and O–H groups in total. The lowest BCUT2D eigenvalue weighted by Crippen LogP contribution is -2.46. The van der Waals surface area contributed by atoms with E-state index in [1.165, 1.54) is 0 Å². The van der Waals surface area contributed by atoms with Crippen LogP contribution in [-0.2, 0) is 35.1 Å². The van der Waals surface area contributed by atoms with E-state index < -0.39 is 24.5 Å². The van der Waals surface area contributed by atoms with Crippen molar-refractivity contribution < 1.29 is 28.7 Å². The molecule has 1 atom stereocenters. The second-order valence-corrected chi connectivity index (χ2v) is 6.82. The standard InChI is InChI=1S/C21H30N2O6/c1-4-28-19(26)11-8-12-22-18(25)14-29-21(27)20(15(2)3)23-17(24)13-16-9-6-5-7-10-16/h5-7,9-10,15,20H,4,8,11-14H2,1-3H3,(H,22,25)(H,23,24)/t20-/m0/s1. The second-order valence-electron chi connectivity index (χ2n) is 6.82. The van der Waals surface area contributed by atoms with Gasteiger partial charge in [-0.2, -0.15) is 0 Å². The Balaban J connectivity index is 2.37. The maximum atomic E-state index is 12.3. The summed E-state index contributed by atoms with van der Waals surface area (Å²) in [5, 5.41) is 5.23. The van der Waals surface area contributed by atoms with Gasteiger partial charge in [0.05, 0.1) is 13.0 Å². The Bertz CT molecular complexity index is 675. The summed E-state index contributed by atoms with van der Waals surface area (Å²) < 4.78 is 9.83. The Labute approximate surface area is 171 Å². The van der Waals surface area contributed by atoms with E-state index in [-0.39, 0.29) is 37.2 Å². The number of carbonyl (C=O) groups excluding carboxylic acids is 4. The first-order valence-electron chi connectivity index (χ1n) is 9.75. The average molecular weight is 406 g/mol. The molecule has 0 unspecified atom stereocenters. The van der Waals surface area contributed by atoms with Crippen molar-refractivity contribution >= 4 is 23.8 Å². The van der Waals surface area contributed by atoms with Gasteiger partial charge in [-0.25, -0.2) is 4.79 Å². The lowest BCUT2D eigenvalue weighted by molar-refractivity contribution is -0.152. The van der Waals surface area contributed by atoms with Crippen LogP contribution in [0.2, 0.25) is 0 Å². The predicted octanol–water partition coefficient (Wildman–Crippen LogP) is 1.37. The molecule has 2 amide bonds. The van der Waals surface area contributed by atoms with E-state index in [1.54, 1.807) is 20.8 Å². The van der Waals surface area contributed by atoms with Crippen molar-refractivity contribution in [3.63, 3.8) is 0 Å². The van der Waals surface area contributed by atoms with Gasteiger partial charge in [-0.15, -0.1) is 0 Å². The highest BCUT2D eigenvalue weighted by atomic mass is 16.5. The van der Waals surface area contributed by atoms with Crippen molar-refractivity contribution in [3.8, 4) is 0 Å². The van der Waals surface area contributed by atoms with Crippen LogP contribution < -0.4 is 10.6 Å². The Kier molecular flexibility index (Phi) is 11.1. The van der Waals surface area contributed by atoms with Crippen LogP contribution in [0.3, 0.4) is 0 Å². The number of nitrogens with one attached hydrogen (secondary N) is 2. The van der Waals surface area contributed by atoms with Gasteiger partial charge >= 0.3 is 11.9 Å². The number of benzene rings is 1. The SMILES string of the molecule is CCOC(=O)CCCNC(=O)COC(=O)[C@@H](NC(=O)Cc1ccccc1)C(C)C. The first-order valence-corrected chi connectivity index (χ1v) is 9.75. The molecule has 8 heteroatoms. The number of hydrogen-bond acceptors (Lipinski definition) is 6. The van der Waals surface area contributed by atoms with Gasteiger partial charge < -0.3 is 20.1 Å². The smallest absolute Gasteiger partial charge is 0.329 e. The molecule has 1 rings (SSSR count). The first kappa shape index (κ1) is 24.1. The molecule has 0 aliphatic carbocycles. The molecule has 0 heterocycles. The summed E-state index contributed by atoms with van der Waals surface area (Å²) >= 11 is 0. The molecule has 0 aliphatic rings. The highest BCUT2D eigenvalue weighted by Gasteiger charge is 2.26. The molecule has 0 saturated carbocycles. The third-order valence-electron chi connectivity index (χ3n) is 3.98. The van der Waals surface area contributed by atoms with Crippen LogP contribution in [0, 0.1) is 5.92 Å². The van der Waals surface area contributed by atoms with E-state index in [0.717, 1.165) is 5.56 Å². The first-order chi connectivity index (χ1) is 13.8. The summed E-state index contributed by atoms with van der Waals surface area (Å²) in [7, 11) is 0. The molecule has 0 bridgehead atoms. The van der Waals surface area contributed by atoms with Gasteiger partial charge in [0.2, 0.25) is 5.91 Å². The molecule has 8 nitrogen and oxygen atoms in total. The van der Waals surface area contributed by atoms with Crippen molar-refractivity contribution in [2.75, 3.05) is 19.8 Å².